The Morgan fingerprint density at radius 3 is 2.32 bits per heavy atom. The predicted octanol–water partition coefficient (Wildman–Crippen LogP) is 4.20. The highest BCUT2D eigenvalue weighted by Gasteiger charge is 2.32. The number of halogens is 4. The molecular weight excluding hydrogens is 339 g/mol. The van der Waals surface area contributed by atoms with Crippen molar-refractivity contribution < 1.29 is 21.6 Å². The molecule has 0 atom stereocenters. The van der Waals surface area contributed by atoms with Crippen LogP contribution in [0.5, 0.6) is 0 Å². The molecule has 0 bridgehead atoms. The number of hydrogen-bond acceptors (Lipinski definition) is 3. The van der Waals surface area contributed by atoms with Crippen molar-refractivity contribution >= 4 is 21.4 Å². The fraction of sp³-hybridized carbons (Fsp3) is 0.214. The van der Waals surface area contributed by atoms with Gasteiger partial charge in [0, 0.05) is 5.69 Å². The third-order valence-electron chi connectivity index (χ3n) is 2.99. The predicted molar refractivity (Wildman–Crippen MR) is 75.6 cm³/mol. The van der Waals surface area contributed by atoms with Crippen molar-refractivity contribution in [1.82, 2.24) is 4.98 Å². The number of nitrogens with zero attached hydrogens (tertiary/aromatic N) is 1. The van der Waals surface area contributed by atoms with E-state index in [1.807, 2.05) is 0 Å². The molecule has 0 aliphatic rings. The molecule has 0 aliphatic carbocycles. The second kappa shape index (κ2) is 5.55. The summed E-state index contributed by atoms with van der Waals surface area (Å²) in [5.74, 6) is 0. The molecule has 22 heavy (non-hydrogen) atoms. The largest absolute Gasteiger partial charge is 0.416 e. The van der Waals surface area contributed by atoms with E-state index in [0.717, 1.165) is 18.2 Å². The molecule has 2 rings (SSSR count). The molecule has 2 aromatic rings. The van der Waals surface area contributed by atoms with E-state index in [2.05, 4.69) is 4.98 Å². The number of aryl methyl sites for hydroxylation is 2. The number of benzene rings is 1. The second-order valence-electron chi connectivity index (χ2n) is 4.73. The highest BCUT2D eigenvalue weighted by molar-refractivity contribution is 7.91. The van der Waals surface area contributed by atoms with E-state index in [9.17, 15) is 21.6 Å². The van der Waals surface area contributed by atoms with Crippen LogP contribution >= 0.6 is 11.6 Å². The second-order valence-corrected chi connectivity index (χ2v) is 6.97. The van der Waals surface area contributed by atoms with Crippen molar-refractivity contribution in [3.63, 3.8) is 0 Å². The maximum Gasteiger partial charge on any atom is 0.416 e. The monoisotopic (exact) mass is 349 g/mol. The van der Waals surface area contributed by atoms with Crippen LogP contribution in [-0.2, 0) is 16.0 Å². The fourth-order valence-electron chi connectivity index (χ4n) is 2.06. The molecule has 0 saturated heterocycles. The van der Waals surface area contributed by atoms with Crippen molar-refractivity contribution in [2.75, 3.05) is 0 Å². The Labute approximate surface area is 130 Å². The summed E-state index contributed by atoms with van der Waals surface area (Å²) in [7, 11) is -4.19. The van der Waals surface area contributed by atoms with E-state index in [0.29, 0.717) is 17.3 Å². The van der Waals surface area contributed by atoms with Crippen LogP contribution in [0.15, 0.2) is 40.1 Å². The maximum absolute atomic E-state index is 12.7. The smallest absolute Gasteiger partial charge is 0.240 e. The molecule has 0 N–H and O–H groups in total. The van der Waals surface area contributed by atoms with E-state index in [1.165, 1.54) is 13.0 Å². The van der Waals surface area contributed by atoms with Gasteiger partial charge in [-0.25, -0.2) is 13.4 Å². The van der Waals surface area contributed by atoms with E-state index >= 15 is 0 Å². The molecule has 3 nitrogen and oxygen atoms in total. The molecule has 0 unspecified atom stereocenters. The first-order chi connectivity index (χ1) is 10.0. The van der Waals surface area contributed by atoms with E-state index in [-0.39, 0.29) is 10.0 Å². The first-order valence-electron chi connectivity index (χ1n) is 6.09. The summed E-state index contributed by atoms with van der Waals surface area (Å²) in [5, 5.41) is -0.255. The first-order valence-corrected chi connectivity index (χ1v) is 7.95. The molecule has 1 heterocycles. The van der Waals surface area contributed by atoms with Crippen LogP contribution in [0.3, 0.4) is 0 Å². The average Bonchev–Trinajstić information content (AvgIpc) is 2.36. The van der Waals surface area contributed by atoms with Gasteiger partial charge in [0.25, 0.3) is 0 Å². The molecule has 1 aromatic carbocycles. The Morgan fingerprint density at radius 1 is 1.14 bits per heavy atom. The third kappa shape index (κ3) is 3.10. The zero-order valence-electron chi connectivity index (χ0n) is 11.6. The minimum Gasteiger partial charge on any atom is -0.240 e. The van der Waals surface area contributed by atoms with Crippen molar-refractivity contribution in [2.45, 2.75) is 29.8 Å². The zero-order valence-corrected chi connectivity index (χ0v) is 13.1. The van der Waals surface area contributed by atoms with Crippen molar-refractivity contribution in [2.24, 2.45) is 0 Å². The number of alkyl halides is 3. The average molecular weight is 350 g/mol. The minimum atomic E-state index is -4.63. The summed E-state index contributed by atoms with van der Waals surface area (Å²) < 4.78 is 63.4. The molecule has 0 radical (unpaired) electrons. The molecule has 118 valence electrons. The number of hydrogen-bond donors (Lipinski definition) is 0. The van der Waals surface area contributed by atoms with Gasteiger partial charge in [0.05, 0.1) is 10.5 Å². The lowest BCUT2D eigenvalue weighted by molar-refractivity contribution is -0.137. The Balaban J connectivity index is 2.67. The van der Waals surface area contributed by atoms with E-state index in [4.69, 9.17) is 11.6 Å². The van der Waals surface area contributed by atoms with E-state index in [1.54, 1.807) is 6.92 Å². The van der Waals surface area contributed by atoms with Gasteiger partial charge in [-0.15, -0.1) is 0 Å². The Hall–Kier alpha value is -1.60. The van der Waals surface area contributed by atoms with Crippen molar-refractivity contribution in [1.29, 1.82) is 0 Å². The van der Waals surface area contributed by atoms with Gasteiger partial charge in [-0.2, -0.15) is 13.2 Å². The summed E-state index contributed by atoms with van der Waals surface area (Å²) in [6.45, 7) is 3.15. The number of aromatic nitrogens is 1. The summed E-state index contributed by atoms with van der Waals surface area (Å²) in [5.41, 5.74) is -0.192. The Morgan fingerprint density at radius 2 is 1.77 bits per heavy atom. The summed E-state index contributed by atoms with van der Waals surface area (Å²) >= 11 is 5.89. The van der Waals surface area contributed by atoms with Crippen LogP contribution in [0.2, 0.25) is 5.15 Å². The fourth-order valence-corrected chi connectivity index (χ4v) is 4.17. The van der Waals surface area contributed by atoms with Crippen LogP contribution in [0, 0.1) is 13.8 Å². The lowest BCUT2D eigenvalue weighted by atomic mass is 10.2. The van der Waals surface area contributed by atoms with E-state index < -0.39 is 26.5 Å². The summed E-state index contributed by atoms with van der Waals surface area (Å²) in [6, 6.07) is 5.04. The van der Waals surface area contributed by atoms with Gasteiger partial charge in [0.1, 0.15) is 10.0 Å². The Kier molecular flexibility index (Phi) is 4.23. The summed E-state index contributed by atoms with van der Waals surface area (Å²) in [4.78, 5) is 3.11. The minimum absolute atomic E-state index is 0.255. The lowest BCUT2D eigenvalue weighted by Gasteiger charge is -2.12. The lowest BCUT2D eigenvalue weighted by Crippen LogP contribution is -2.10. The van der Waals surface area contributed by atoms with Crippen molar-refractivity contribution in [3.05, 3.63) is 52.3 Å². The number of sulfone groups is 1. The van der Waals surface area contributed by atoms with Crippen LogP contribution in [0.1, 0.15) is 16.8 Å². The van der Waals surface area contributed by atoms with Gasteiger partial charge < -0.3 is 0 Å². The quantitative estimate of drug-likeness (QED) is 0.763. The first kappa shape index (κ1) is 16.8. The highest BCUT2D eigenvalue weighted by Crippen LogP contribution is 2.34. The normalized spacial score (nSPS) is 12.5. The van der Waals surface area contributed by atoms with Gasteiger partial charge in [-0.3, -0.25) is 0 Å². The van der Waals surface area contributed by atoms with Gasteiger partial charge in [-0.05, 0) is 43.7 Å². The van der Waals surface area contributed by atoms with Gasteiger partial charge in [0.15, 0.2) is 0 Å². The van der Waals surface area contributed by atoms with Crippen LogP contribution < -0.4 is 0 Å². The maximum atomic E-state index is 12.7. The van der Waals surface area contributed by atoms with Crippen LogP contribution in [0.4, 0.5) is 13.2 Å². The SMILES string of the molecule is Cc1cc(C)c(S(=O)(=O)c2cccc(C(F)(F)F)c2)c(Cl)n1. The number of rotatable bonds is 2. The topological polar surface area (TPSA) is 47.0 Å². The molecule has 0 spiro atoms. The standard InChI is InChI=1S/C14H11ClF3NO2S/c1-8-6-9(2)19-13(15)12(8)22(20,21)11-5-3-4-10(7-11)14(16,17)18/h3-7H,1-2H3. The van der Waals surface area contributed by atoms with Gasteiger partial charge in [0.2, 0.25) is 9.84 Å². The van der Waals surface area contributed by atoms with Crippen LogP contribution in [0.25, 0.3) is 0 Å². The highest BCUT2D eigenvalue weighted by atomic mass is 35.5. The van der Waals surface area contributed by atoms with Crippen LogP contribution in [-0.4, -0.2) is 13.4 Å². The molecule has 8 heteroatoms. The number of pyridine rings is 1. The third-order valence-corrected chi connectivity index (χ3v) is 5.30. The molecular formula is C14H11ClF3NO2S. The van der Waals surface area contributed by atoms with Gasteiger partial charge >= 0.3 is 6.18 Å². The van der Waals surface area contributed by atoms with Gasteiger partial charge in [-0.1, -0.05) is 17.7 Å². The van der Waals surface area contributed by atoms with Crippen molar-refractivity contribution in [3.8, 4) is 0 Å². The molecule has 0 fully saturated rings. The molecule has 0 amide bonds. The Bertz CT molecular complexity index is 809. The summed E-state index contributed by atoms with van der Waals surface area (Å²) in [6.07, 6.45) is -4.63. The molecule has 0 saturated carbocycles. The zero-order chi connectivity index (χ0) is 16.7. The molecule has 0 aliphatic heterocycles. The molecule has 1 aromatic heterocycles.